The summed E-state index contributed by atoms with van der Waals surface area (Å²) in [5.41, 5.74) is 23.1. The van der Waals surface area contributed by atoms with E-state index >= 15 is 0 Å². The minimum Gasteiger partial charge on any atom is -0.311 e. The molecule has 2 aliphatic rings. The lowest BCUT2D eigenvalue weighted by Gasteiger charge is -2.44. The van der Waals surface area contributed by atoms with Gasteiger partial charge >= 0.3 is 0 Å². The van der Waals surface area contributed by atoms with Crippen molar-refractivity contribution >= 4 is 68.1 Å². The zero-order valence-electron chi connectivity index (χ0n) is 36.7. The molecule has 2 aliphatic heterocycles. The van der Waals surface area contributed by atoms with Gasteiger partial charge in [-0.25, -0.2) is 4.98 Å². The molecule has 1 aromatic heterocycles. The van der Waals surface area contributed by atoms with Gasteiger partial charge in [0.05, 0.1) is 11.2 Å². The number of fused-ring (bicyclic) bond motifs is 5. The number of pyridine rings is 1. The van der Waals surface area contributed by atoms with Crippen LogP contribution in [0.4, 0.5) is 34.1 Å². The van der Waals surface area contributed by atoms with Gasteiger partial charge in [0.15, 0.2) is 0 Å². The molecule has 0 fully saturated rings. The Bertz CT molecular complexity index is 3410. The highest BCUT2D eigenvalue weighted by atomic mass is 15.2. The molecular weight excluding hydrogens is 810 g/mol. The molecular formula is C63H42BN3. The molecule has 0 saturated heterocycles. The van der Waals surface area contributed by atoms with E-state index in [0.717, 1.165) is 56.3 Å². The van der Waals surface area contributed by atoms with Crippen LogP contribution in [0.3, 0.4) is 0 Å². The Labute approximate surface area is 391 Å². The third-order valence-corrected chi connectivity index (χ3v) is 13.6. The largest absolute Gasteiger partial charge is 0.311 e. The Kier molecular flexibility index (Phi) is 9.28. The number of hydrogen-bond acceptors (Lipinski definition) is 3. The molecule has 0 amide bonds. The van der Waals surface area contributed by atoms with Crippen LogP contribution in [-0.2, 0) is 0 Å². The molecule has 67 heavy (non-hydrogen) atoms. The van der Waals surface area contributed by atoms with Gasteiger partial charge in [-0.1, -0.05) is 194 Å². The van der Waals surface area contributed by atoms with Gasteiger partial charge in [0, 0.05) is 45.1 Å². The Morgan fingerprint density at radius 1 is 0.284 bits per heavy atom. The first kappa shape index (κ1) is 38.7. The lowest BCUT2D eigenvalue weighted by atomic mass is 9.33. The smallest absolute Gasteiger partial charge is 0.252 e. The van der Waals surface area contributed by atoms with Crippen LogP contribution >= 0.6 is 0 Å². The molecule has 10 aromatic carbocycles. The van der Waals surface area contributed by atoms with E-state index in [1.165, 1.54) is 60.9 Å². The maximum absolute atomic E-state index is 5.33. The average Bonchev–Trinajstić information content (AvgIpc) is 3.41. The predicted molar refractivity (Wildman–Crippen MR) is 283 cm³/mol. The number of hydrogen-bond donors (Lipinski definition) is 0. The van der Waals surface area contributed by atoms with Gasteiger partial charge in [-0.3, -0.25) is 0 Å². The molecule has 0 radical (unpaired) electrons. The summed E-state index contributed by atoms with van der Waals surface area (Å²) in [6, 6.07) is 92.8. The first-order valence-corrected chi connectivity index (χ1v) is 23.1. The van der Waals surface area contributed by atoms with Crippen molar-refractivity contribution in [1.82, 2.24) is 4.98 Å². The van der Waals surface area contributed by atoms with Gasteiger partial charge in [0.25, 0.3) is 6.71 Å². The maximum Gasteiger partial charge on any atom is 0.252 e. The SMILES string of the molecule is c1ccc(-c2ccc(N3c4ccc(-c5ccccc5)cc4B4c5cc(-c6ccccc6)ccc5N(c5ccc(-c6ccccc6)cc5)c5cc(-c6ccc7ccccc7n6)cc3c54)cc2)cc1. The highest BCUT2D eigenvalue weighted by molar-refractivity contribution is 7.00. The molecule has 0 atom stereocenters. The van der Waals surface area contributed by atoms with E-state index in [1.54, 1.807) is 0 Å². The zero-order valence-corrected chi connectivity index (χ0v) is 36.7. The predicted octanol–water partition coefficient (Wildman–Crippen LogP) is 14.7. The van der Waals surface area contributed by atoms with Crippen molar-refractivity contribution < 1.29 is 0 Å². The Balaban J connectivity index is 1.11. The maximum atomic E-state index is 5.33. The fraction of sp³-hybridized carbons (Fsp3) is 0. The summed E-state index contributed by atoms with van der Waals surface area (Å²) in [6.45, 7) is -0.0828. The Morgan fingerprint density at radius 3 is 1.13 bits per heavy atom. The van der Waals surface area contributed by atoms with Gasteiger partial charge in [-0.2, -0.15) is 0 Å². The second kappa shape index (κ2) is 16.1. The van der Waals surface area contributed by atoms with Crippen molar-refractivity contribution in [2.24, 2.45) is 0 Å². The quantitative estimate of drug-likeness (QED) is 0.149. The van der Waals surface area contributed by atoms with Crippen LogP contribution in [0, 0.1) is 0 Å². The molecule has 3 heterocycles. The van der Waals surface area contributed by atoms with E-state index in [-0.39, 0.29) is 6.71 Å². The summed E-state index contributed by atoms with van der Waals surface area (Å²) in [6.07, 6.45) is 0. The minimum absolute atomic E-state index is 0.0828. The number of anilines is 6. The molecule has 312 valence electrons. The minimum atomic E-state index is -0.0828. The van der Waals surface area contributed by atoms with Crippen LogP contribution in [-0.4, -0.2) is 11.7 Å². The molecule has 11 aromatic rings. The monoisotopic (exact) mass is 851 g/mol. The highest BCUT2D eigenvalue weighted by Gasteiger charge is 2.44. The van der Waals surface area contributed by atoms with E-state index in [9.17, 15) is 0 Å². The Hall–Kier alpha value is -8.73. The lowest BCUT2D eigenvalue weighted by molar-refractivity contribution is 1.25. The zero-order chi connectivity index (χ0) is 44.3. The van der Waals surface area contributed by atoms with E-state index in [2.05, 4.69) is 265 Å². The summed E-state index contributed by atoms with van der Waals surface area (Å²) >= 11 is 0. The molecule has 13 rings (SSSR count). The van der Waals surface area contributed by atoms with Crippen LogP contribution in [0.5, 0.6) is 0 Å². The van der Waals surface area contributed by atoms with Crippen LogP contribution in [0.15, 0.2) is 255 Å². The van der Waals surface area contributed by atoms with Gasteiger partial charge in [-0.05, 0) is 122 Å². The number of para-hydroxylation sites is 1. The Morgan fingerprint density at radius 2 is 0.672 bits per heavy atom. The number of aromatic nitrogens is 1. The van der Waals surface area contributed by atoms with Crippen molar-refractivity contribution in [3.8, 4) is 55.8 Å². The number of rotatable bonds is 7. The lowest BCUT2D eigenvalue weighted by Crippen LogP contribution is -2.61. The second-order valence-corrected chi connectivity index (χ2v) is 17.5. The van der Waals surface area contributed by atoms with E-state index in [0.29, 0.717) is 0 Å². The van der Waals surface area contributed by atoms with Gasteiger partial charge in [0.1, 0.15) is 0 Å². The van der Waals surface area contributed by atoms with Gasteiger partial charge in [0.2, 0.25) is 0 Å². The third kappa shape index (κ3) is 6.73. The molecule has 0 N–H and O–H groups in total. The summed E-state index contributed by atoms with van der Waals surface area (Å²) in [7, 11) is 0. The van der Waals surface area contributed by atoms with Crippen molar-refractivity contribution in [3.63, 3.8) is 0 Å². The molecule has 0 aliphatic carbocycles. The summed E-state index contributed by atoms with van der Waals surface area (Å²) in [5, 5.41) is 1.12. The normalized spacial score (nSPS) is 12.4. The molecule has 0 bridgehead atoms. The van der Waals surface area contributed by atoms with Crippen LogP contribution in [0.25, 0.3) is 66.7 Å². The van der Waals surface area contributed by atoms with E-state index in [1.807, 2.05) is 0 Å². The number of nitrogens with zero attached hydrogens (tertiary/aromatic N) is 3. The second-order valence-electron chi connectivity index (χ2n) is 17.5. The summed E-state index contributed by atoms with van der Waals surface area (Å²) in [5.74, 6) is 0. The highest BCUT2D eigenvalue weighted by Crippen LogP contribution is 2.47. The topological polar surface area (TPSA) is 19.4 Å². The van der Waals surface area contributed by atoms with Gasteiger partial charge < -0.3 is 9.80 Å². The summed E-state index contributed by atoms with van der Waals surface area (Å²) in [4.78, 5) is 10.3. The molecule has 0 spiro atoms. The first-order chi connectivity index (χ1) is 33.2. The fourth-order valence-corrected chi connectivity index (χ4v) is 10.4. The summed E-state index contributed by atoms with van der Waals surface area (Å²) < 4.78 is 0. The number of benzene rings is 10. The van der Waals surface area contributed by atoms with Crippen LogP contribution < -0.4 is 26.2 Å². The van der Waals surface area contributed by atoms with E-state index in [4.69, 9.17) is 4.98 Å². The van der Waals surface area contributed by atoms with Gasteiger partial charge in [-0.15, -0.1) is 0 Å². The standard InChI is InChI=1S/C63H42BN3/c1-5-15-43(16-6-1)47-25-32-53(33-26-47)66-59-37-30-50(45-19-9-3-10-20-45)39-55(59)64-56-40-51(46-21-11-4-12-22-46)31-38-60(56)67(54-34-27-48(28-35-54)44-17-7-2-8-18-44)62-42-52(41-61(66)63(62)64)58-36-29-49-23-13-14-24-57(49)65-58/h1-42H. The average molecular weight is 852 g/mol. The third-order valence-electron chi connectivity index (χ3n) is 13.6. The fourth-order valence-electron chi connectivity index (χ4n) is 10.4. The van der Waals surface area contributed by atoms with Crippen LogP contribution in [0.1, 0.15) is 0 Å². The van der Waals surface area contributed by atoms with Crippen molar-refractivity contribution in [2.75, 3.05) is 9.80 Å². The molecule has 0 unspecified atom stereocenters. The molecule has 0 saturated carbocycles. The first-order valence-electron chi connectivity index (χ1n) is 23.1. The van der Waals surface area contributed by atoms with Crippen molar-refractivity contribution in [3.05, 3.63) is 255 Å². The van der Waals surface area contributed by atoms with Crippen molar-refractivity contribution in [1.29, 1.82) is 0 Å². The van der Waals surface area contributed by atoms with Crippen LogP contribution in [0.2, 0.25) is 0 Å². The molecule has 4 heteroatoms. The van der Waals surface area contributed by atoms with E-state index < -0.39 is 0 Å². The van der Waals surface area contributed by atoms with Crippen molar-refractivity contribution in [2.45, 2.75) is 0 Å². The molecule has 3 nitrogen and oxygen atoms in total.